The van der Waals surface area contributed by atoms with Gasteiger partial charge in [0.05, 0.1) is 22.6 Å². The molecule has 2 heterocycles. The van der Waals surface area contributed by atoms with Gasteiger partial charge in [-0.25, -0.2) is 4.79 Å². The fourth-order valence-corrected chi connectivity index (χ4v) is 6.63. The highest BCUT2D eigenvalue weighted by molar-refractivity contribution is 8.26. The Morgan fingerprint density at radius 2 is 1.71 bits per heavy atom. The molecule has 234 valence electrons. The number of carboxylic acids is 1. The van der Waals surface area contributed by atoms with Crippen molar-refractivity contribution >= 4 is 69.4 Å². The van der Waals surface area contributed by atoms with Crippen LogP contribution >= 0.6 is 35.6 Å². The molecule has 5 rings (SSSR count). The fraction of sp³-hybridized carbons (Fsp3) is 0.273. The van der Waals surface area contributed by atoms with Crippen molar-refractivity contribution in [1.82, 2.24) is 9.80 Å². The second-order valence-electron chi connectivity index (χ2n) is 10.5. The molecule has 12 heteroatoms. The third-order valence-electron chi connectivity index (χ3n) is 7.50. The number of halogens is 1. The zero-order chi connectivity index (χ0) is 31.9. The number of nitrogens with one attached hydrogen (secondary N) is 1. The normalized spacial score (nSPS) is 16.0. The number of rotatable bonds is 12. The Bertz CT molecular complexity index is 1640. The number of hydrogen-bond donors (Lipinski definition) is 2. The summed E-state index contributed by atoms with van der Waals surface area (Å²) in [5.74, 6) is -0.430. The molecule has 0 atom stereocenters. The molecule has 0 bridgehead atoms. The van der Waals surface area contributed by atoms with E-state index in [0.29, 0.717) is 38.0 Å². The number of benzene rings is 3. The van der Waals surface area contributed by atoms with Crippen LogP contribution in [0.5, 0.6) is 11.5 Å². The predicted octanol–water partition coefficient (Wildman–Crippen LogP) is 6.42. The molecule has 3 aromatic rings. The molecule has 0 unspecified atom stereocenters. The van der Waals surface area contributed by atoms with Gasteiger partial charge in [-0.2, -0.15) is 0 Å². The van der Waals surface area contributed by atoms with Crippen molar-refractivity contribution in [2.24, 2.45) is 0 Å². The molecule has 2 amide bonds. The number of carbonyl (C=O) groups excluding carboxylic acids is 2. The van der Waals surface area contributed by atoms with E-state index in [1.54, 1.807) is 13.2 Å². The maximum atomic E-state index is 13.4. The standard InChI is InChI=1S/C33H32ClN3O6S2/c1-42-28-11-7-23(19-26(28)34)22-6-10-27(43-17-16-36-13-2-3-14-36)24(18-22)20-29-31(39)37(33(44)45-29)15-12-30(38)35-25-8-4-21(5-9-25)32(40)41/h4-11,18-20H,2-3,12-17H2,1H3,(H,35,38)(H,40,41)/b29-20-. The van der Waals surface area contributed by atoms with Gasteiger partial charge in [-0.1, -0.05) is 47.7 Å². The molecule has 3 aromatic carbocycles. The lowest BCUT2D eigenvalue weighted by Gasteiger charge is -2.17. The molecule has 2 saturated heterocycles. The zero-order valence-electron chi connectivity index (χ0n) is 24.6. The third-order valence-corrected chi connectivity index (χ3v) is 9.17. The third kappa shape index (κ3) is 8.23. The van der Waals surface area contributed by atoms with E-state index in [2.05, 4.69) is 10.2 Å². The van der Waals surface area contributed by atoms with Gasteiger partial charge in [0.25, 0.3) is 5.91 Å². The highest BCUT2D eigenvalue weighted by Crippen LogP contribution is 2.37. The summed E-state index contributed by atoms with van der Waals surface area (Å²) >= 11 is 13.1. The SMILES string of the molecule is COc1ccc(-c2ccc(OCCN3CCCC3)c(/C=C3\SC(=S)N(CCC(=O)Nc4ccc(C(=O)O)cc4)C3=O)c2)cc1Cl. The number of carbonyl (C=O) groups is 3. The quantitative estimate of drug-likeness (QED) is 0.167. The predicted molar refractivity (Wildman–Crippen MR) is 181 cm³/mol. The lowest BCUT2D eigenvalue weighted by Crippen LogP contribution is -2.31. The van der Waals surface area contributed by atoms with Gasteiger partial charge in [0.15, 0.2) is 0 Å². The van der Waals surface area contributed by atoms with Crippen LogP contribution in [-0.2, 0) is 9.59 Å². The van der Waals surface area contributed by atoms with Gasteiger partial charge in [0.2, 0.25) is 5.91 Å². The summed E-state index contributed by atoms with van der Waals surface area (Å²) in [7, 11) is 1.57. The number of aromatic carboxylic acids is 1. The van der Waals surface area contributed by atoms with E-state index in [4.69, 9.17) is 38.4 Å². The Morgan fingerprint density at radius 1 is 1.02 bits per heavy atom. The first kappa shape index (κ1) is 32.5. The van der Waals surface area contributed by atoms with E-state index in [1.807, 2.05) is 36.4 Å². The van der Waals surface area contributed by atoms with Crippen molar-refractivity contribution in [3.63, 3.8) is 0 Å². The Kier molecular flexibility index (Phi) is 10.8. The number of thioether (sulfide) groups is 1. The highest BCUT2D eigenvalue weighted by atomic mass is 35.5. The largest absolute Gasteiger partial charge is 0.495 e. The summed E-state index contributed by atoms with van der Waals surface area (Å²) < 4.78 is 11.9. The van der Waals surface area contributed by atoms with Gasteiger partial charge in [-0.3, -0.25) is 19.4 Å². The van der Waals surface area contributed by atoms with Crippen molar-refractivity contribution in [2.75, 3.05) is 45.2 Å². The van der Waals surface area contributed by atoms with E-state index >= 15 is 0 Å². The van der Waals surface area contributed by atoms with Gasteiger partial charge in [-0.15, -0.1) is 0 Å². The first-order chi connectivity index (χ1) is 21.7. The molecule has 9 nitrogen and oxygen atoms in total. The zero-order valence-corrected chi connectivity index (χ0v) is 27.0. The smallest absolute Gasteiger partial charge is 0.335 e. The average molecular weight is 666 g/mol. The lowest BCUT2D eigenvalue weighted by atomic mass is 10.0. The van der Waals surface area contributed by atoms with Crippen LogP contribution in [0.4, 0.5) is 5.69 Å². The van der Waals surface area contributed by atoms with Crippen LogP contribution in [-0.4, -0.2) is 76.9 Å². The maximum absolute atomic E-state index is 13.4. The summed E-state index contributed by atoms with van der Waals surface area (Å²) in [6.45, 7) is 3.59. The van der Waals surface area contributed by atoms with E-state index in [9.17, 15) is 14.4 Å². The van der Waals surface area contributed by atoms with E-state index in [0.717, 1.165) is 36.3 Å². The molecule has 0 aliphatic carbocycles. The van der Waals surface area contributed by atoms with Crippen molar-refractivity contribution in [1.29, 1.82) is 0 Å². The van der Waals surface area contributed by atoms with Crippen LogP contribution in [0.25, 0.3) is 17.2 Å². The molecule has 0 radical (unpaired) electrons. The lowest BCUT2D eigenvalue weighted by molar-refractivity contribution is -0.122. The van der Waals surface area contributed by atoms with E-state index in [-0.39, 0.29) is 30.3 Å². The van der Waals surface area contributed by atoms with Gasteiger partial charge in [0, 0.05) is 30.8 Å². The molecule has 2 aliphatic heterocycles. The average Bonchev–Trinajstić information content (AvgIpc) is 3.64. The Balaban J connectivity index is 1.31. The molecule has 0 aromatic heterocycles. The summed E-state index contributed by atoms with van der Waals surface area (Å²) in [6.07, 6.45) is 4.20. The molecule has 2 aliphatic rings. The van der Waals surface area contributed by atoms with Crippen LogP contribution in [0.2, 0.25) is 5.02 Å². The molecule has 2 fully saturated rings. The summed E-state index contributed by atoms with van der Waals surface area (Å²) in [5, 5.41) is 12.3. The van der Waals surface area contributed by atoms with Crippen LogP contribution in [0.3, 0.4) is 0 Å². The first-order valence-corrected chi connectivity index (χ1v) is 16.0. The minimum absolute atomic E-state index is 0.0129. The minimum atomic E-state index is -1.05. The van der Waals surface area contributed by atoms with Gasteiger partial charge < -0.3 is 19.9 Å². The fourth-order valence-electron chi connectivity index (χ4n) is 5.08. The van der Waals surface area contributed by atoms with Crippen molar-refractivity contribution in [3.8, 4) is 22.6 Å². The maximum Gasteiger partial charge on any atom is 0.335 e. The first-order valence-electron chi connectivity index (χ1n) is 14.4. The molecule has 0 spiro atoms. The van der Waals surface area contributed by atoms with Crippen molar-refractivity contribution < 1.29 is 29.0 Å². The second-order valence-corrected chi connectivity index (χ2v) is 12.6. The topological polar surface area (TPSA) is 108 Å². The number of nitrogens with zero attached hydrogens (tertiary/aromatic N) is 2. The van der Waals surface area contributed by atoms with Crippen LogP contribution in [0.15, 0.2) is 65.6 Å². The van der Waals surface area contributed by atoms with Crippen molar-refractivity contribution in [2.45, 2.75) is 19.3 Å². The molecular weight excluding hydrogens is 634 g/mol. The monoisotopic (exact) mass is 665 g/mol. The Labute approximate surface area is 276 Å². The van der Waals surface area contributed by atoms with E-state index in [1.165, 1.54) is 53.8 Å². The number of methoxy groups -OCH3 is 1. The molecule has 2 N–H and O–H groups in total. The number of likely N-dealkylation sites (tertiary alicyclic amines) is 1. The number of amides is 2. The van der Waals surface area contributed by atoms with Gasteiger partial charge >= 0.3 is 5.97 Å². The number of thiocarbonyl (C=S) groups is 1. The number of carboxylic acid groups (broad SMARTS) is 1. The van der Waals surface area contributed by atoms with E-state index < -0.39 is 5.97 Å². The molecule has 0 saturated carbocycles. The number of anilines is 1. The van der Waals surface area contributed by atoms with Gasteiger partial charge in [-0.05, 0) is 91.7 Å². The summed E-state index contributed by atoms with van der Waals surface area (Å²) in [5.41, 5.74) is 3.08. The van der Waals surface area contributed by atoms with Crippen molar-refractivity contribution in [3.05, 3.63) is 81.7 Å². The second kappa shape index (κ2) is 14.9. The molecule has 45 heavy (non-hydrogen) atoms. The summed E-state index contributed by atoms with van der Waals surface area (Å²) in [6, 6.07) is 17.2. The number of ether oxygens (including phenoxy) is 2. The summed E-state index contributed by atoms with van der Waals surface area (Å²) in [4.78, 5) is 41.3. The van der Waals surface area contributed by atoms with Crippen LogP contribution in [0.1, 0.15) is 35.2 Å². The number of hydrogen-bond acceptors (Lipinski definition) is 8. The molecular formula is C33H32ClN3O6S2. The van der Waals surface area contributed by atoms with Gasteiger partial charge in [0.1, 0.15) is 22.4 Å². The van der Waals surface area contributed by atoms with Crippen LogP contribution < -0.4 is 14.8 Å². The Morgan fingerprint density at radius 3 is 2.38 bits per heavy atom. The highest BCUT2D eigenvalue weighted by Gasteiger charge is 2.32. The van der Waals surface area contributed by atoms with Crippen LogP contribution in [0, 0.1) is 0 Å². The minimum Gasteiger partial charge on any atom is -0.495 e. The Hall–Kier alpha value is -3.90.